The van der Waals surface area contributed by atoms with Gasteiger partial charge in [0.05, 0.1) is 11.0 Å². The fraction of sp³-hybridized carbons (Fsp3) is 0.0286. The number of aromatic nitrogens is 1. The molecule has 0 amide bonds. The number of rotatable bonds is 4. The third-order valence-electron chi connectivity index (χ3n) is 7.40. The van der Waals surface area contributed by atoms with Crippen LogP contribution in [0.4, 0.5) is 11.4 Å². The van der Waals surface area contributed by atoms with Gasteiger partial charge in [-0.1, -0.05) is 91.0 Å². The Morgan fingerprint density at radius 1 is 0.486 bits per heavy atom. The topological polar surface area (TPSA) is 8.17 Å². The molecule has 0 saturated heterocycles. The molecule has 2 nitrogen and oxygen atoms in total. The Labute approximate surface area is 216 Å². The summed E-state index contributed by atoms with van der Waals surface area (Å²) in [6.07, 6.45) is 0. The van der Waals surface area contributed by atoms with E-state index in [-0.39, 0.29) is 0 Å². The highest BCUT2D eigenvalue weighted by Gasteiger charge is 2.18. The highest BCUT2D eigenvalue weighted by Crippen LogP contribution is 2.42. The Balaban J connectivity index is 1.48. The summed E-state index contributed by atoms with van der Waals surface area (Å²) in [7, 11) is 2.12. The molecule has 0 aliphatic heterocycles. The van der Waals surface area contributed by atoms with Gasteiger partial charge in [0.15, 0.2) is 0 Å². The lowest BCUT2D eigenvalue weighted by Gasteiger charge is -2.20. The van der Waals surface area contributed by atoms with E-state index in [0.717, 1.165) is 0 Å². The first-order chi connectivity index (χ1) is 18.3. The third kappa shape index (κ3) is 3.49. The molecular weight excluding hydrogens is 448 g/mol. The number of benzene rings is 6. The molecule has 0 saturated carbocycles. The molecule has 0 unspecified atom stereocenters. The lowest BCUT2D eigenvalue weighted by Crippen LogP contribution is -2.08. The molecule has 176 valence electrons. The normalized spacial score (nSPS) is 11.4. The first-order valence-corrected chi connectivity index (χ1v) is 12.7. The van der Waals surface area contributed by atoms with Gasteiger partial charge in [-0.3, -0.25) is 0 Å². The van der Waals surface area contributed by atoms with Gasteiger partial charge < -0.3 is 9.47 Å². The smallest absolute Gasteiger partial charge is 0.0547 e. The minimum atomic E-state index is 1.17. The highest BCUT2D eigenvalue weighted by atomic mass is 15.1. The van der Waals surface area contributed by atoms with E-state index in [9.17, 15) is 0 Å². The fourth-order valence-corrected chi connectivity index (χ4v) is 5.59. The monoisotopic (exact) mass is 474 g/mol. The zero-order valence-corrected chi connectivity index (χ0v) is 20.7. The predicted molar refractivity (Wildman–Crippen MR) is 158 cm³/mol. The highest BCUT2D eigenvalue weighted by molar-refractivity contribution is 6.25. The SMILES string of the molecule is CN(c1ccccc1)c1ccc(-c2cccc3c2c2c4ccccc4ccc2n3-c2ccccc2)cc1. The maximum atomic E-state index is 2.40. The number of anilines is 2. The van der Waals surface area contributed by atoms with Crippen molar-refractivity contribution in [1.29, 1.82) is 0 Å². The van der Waals surface area contributed by atoms with Crippen LogP contribution >= 0.6 is 0 Å². The Hall–Kier alpha value is -4.82. The molecule has 0 N–H and O–H groups in total. The molecule has 7 rings (SSSR count). The molecule has 6 aromatic carbocycles. The van der Waals surface area contributed by atoms with Crippen molar-refractivity contribution in [3.8, 4) is 16.8 Å². The van der Waals surface area contributed by atoms with Crippen molar-refractivity contribution in [2.45, 2.75) is 0 Å². The number of hydrogen-bond acceptors (Lipinski definition) is 1. The van der Waals surface area contributed by atoms with Crippen LogP contribution < -0.4 is 4.90 Å². The molecule has 1 aromatic heterocycles. The van der Waals surface area contributed by atoms with Gasteiger partial charge in [-0.15, -0.1) is 0 Å². The van der Waals surface area contributed by atoms with Crippen LogP contribution in [0, 0.1) is 0 Å². The summed E-state index contributed by atoms with van der Waals surface area (Å²) in [5.74, 6) is 0. The van der Waals surface area contributed by atoms with E-state index in [4.69, 9.17) is 0 Å². The maximum absolute atomic E-state index is 2.40. The first-order valence-electron chi connectivity index (χ1n) is 12.7. The van der Waals surface area contributed by atoms with Crippen molar-refractivity contribution in [1.82, 2.24) is 4.57 Å². The third-order valence-corrected chi connectivity index (χ3v) is 7.40. The summed E-state index contributed by atoms with van der Waals surface area (Å²) < 4.78 is 2.40. The molecule has 0 aliphatic rings. The number of fused-ring (bicyclic) bond motifs is 5. The Bertz CT molecular complexity index is 1860. The number of hydrogen-bond donors (Lipinski definition) is 0. The molecule has 0 spiro atoms. The van der Waals surface area contributed by atoms with Crippen LogP contribution in [-0.4, -0.2) is 11.6 Å². The lowest BCUT2D eigenvalue weighted by atomic mass is 9.96. The van der Waals surface area contributed by atoms with Crippen molar-refractivity contribution >= 4 is 44.0 Å². The van der Waals surface area contributed by atoms with Crippen LogP contribution in [0.15, 0.2) is 140 Å². The molecule has 0 bridgehead atoms. The molecule has 37 heavy (non-hydrogen) atoms. The second kappa shape index (κ2) is 8.69. The second-order valence-corrected chi connectivity index (χ2v) is 9.49. The van der Waals surface area contributed by atoms with Gasteiger partial charge in [0.1, 0.15) is 0 Å². The fourth-order valence-electron chi connectivity index (χ4n) is 5.59. The zero-order valence-electron chi connectivity index (χ0n) is 20.7. The van der Waals surface area contributed by atoms with E-state index in [0.29, 0.717) is 0 Å². The maximum Gasteiger partial charge on any atom is 0.0547 e. The van der Waals surface area contributed by atoms with E-state index in [2.05, 4.69) is 156 Å². The first kappa shape index (κ1) is 21.5. The largest absolute Gasteiger partial charge is 0.345 e. The van der Waals surface area contributed by atoms with Gasteiger partial charge in [0, 0.05) is 34.9 Å². The quantitative estimate of drug-likeness (QED) is 0.247. The average molecular weight is 475 g/mol. The molecule has 2 heteroatoms. The zero-order chi connectivity index (χ0) is 24.8. The predicted octanol–water partition coefficient (Wildman–Crippen LogP) is 9.37. The van der Waals surface area contributed by atoms with Crippen LogP contribution in [0.5, 0.6) is 0 Å². The Morgan fingerprint density at radius 3 is 1.92 bits per heavy atom. The van der Waals surface area contributed by atoms with Gasteiger partial charge in [0.2, 0.25) is 0 Å². The summed E-state index contributed by atoms with van der Waals surface area (Å²) in [6.45, 7) is 0. The summed E-state index contributed by atoms with van der Waals surface area (Å²) in [6, 6.07) is 50.0. The van der Waals surface area contributed by atoms with E-state index in [1.165, 1.54) is 60.8 Å². The minimum Gasteiger partial charge on any atom is -0.345 e. The molecule has 0 aliphatic carbocycles. The van der Waals surface area contributed by atoms with E-state index in [1.54, 1.807) is 0 Å². The summed E-state index contributed by atoms with van der Waals surface area (Å²) in [5.41, 5.74) is 8.44. The molecule has 0 fully saturated rings. The van der Waals surface area contributed by atoms with Gasteiger partial charge >= 0.3 is 0 Å². The van der Waals surface area contributed by atoms with Crippen molar-refractivity contribution in [3.05, 3.63) is 140 Å². The minimum absolute atomic E-state index is 1.17. The van der Waals surface area contributed by atoms with E-state index >= 15 is 0 Å². The van der Waals surface area contributed by atoms with Gasteiger partial charge in [-0.05, 0) is 70.4 Å². The van der Waals surface area contributed by atoms with Crippen LogP contribution in [0.25, 0.3) is 49.4 Å². The average Bonchev–Trinajstić information content (AvgIpc) is 3.33. The van der Waals surface area contributed by atoms with Gasteiger partial charge in [-0.25, -0.2) is 0 Å². The van der Waals surface area contributed by atoms with Crippen LogP contribution in [0.1, 0.15) is 0 Å². The van der Waals surface area contributed by atoms with E-state index < -0.39 is 0 Å². The van der Waals surface area contributed by atoms with Crippen LogP contribution in [0.3, 0.4) is 0 Å². The molecule has 7 aromatic rings. The Kier molecular flexibility index (Phi) is 5.04. The molecule has 1 heterocycles. The lowest BCUT2D eigenvalue weighted by molar-refractivity contribution is 1.18. The van der Waals surface area contributed by atoms with Crippen molar-refractivity contribution in [2.75, 3.05) is 11.9 Å². The summed E-state index contributed by atoms with van der Waals surface area (Å²) in [5, 5.41) is 5.14. The van der Waals surface area contributed by atoms with Gasteiger partial charge in [0.25, 0.3) is 0 Å². The molecular formula is C35H26N2. The van der Waals surface area contributed by atoms with E-state index in [1.807, 2.05) is 0 Å². The molecule has 0 atom stereocenters. The number of para-hydroxylation sites is 2. The standard InChI is InChI=1S/C35H26N2/c1-36(27-12-4-2-5-13-27)28-22-19-26(20-23-28)31-17-10-18-32-34(31)35-30-16-9-8-11-25(30)21-24-33(35)37(32)29-14-6-3-7-15-29/h2-24H,1H3. The summed E-state index contributed by atoms with van der Waals surface area (Å²) in [4.78, 5) is 2.22. The molecule has 0 radical (unpaired) electrons. The second-order valence-electron chi connectivity index (χ2n) is 9.49. The van der Waals surface area contributed by atoms with Crippen molar-refractivity contribution in [2.24, 2.45) is 0 Å². The number of nitrogens with zero attached hydrogens (tertiary/aromatic N) is 2. The van der Waals surface area contributed by atoms with Gasteiger partial charge in [-0.2, -0.15) is 0 Å². The summed E-state index contributed by atoms with van der Waals surface area (Å²) >= 11 is 0. The Morgan fingerprint density at radius 2 is 1.14 bits per heavy atom. The van der Waals surface area contributed by atoms with Crippen molar-refractivity contribution in [3.63, 3.8) is 0 Å². The van der Waals surface area contributed by atoms with Crippen LogP contribution in [0.2, 0.25) is 0 Å². The van der Waals surface area contributed by atoms with Crippen LogP contribution in [-0.2, 0) is 0 Å². The van der Waals surface area contributed by atoms with Crippen molar-refractivity contribution < 1.29 is 0 Å².